The first-order chi connectivity index (χ1) is 9.56. The van der Waals surface area contributed by atoms with Gasteiger partial charge in [-0.2, -0.15) is 0 Å². The van der Waals surface area contributed by atoms with Crippen LogP contribution in [0, 0.1) is 13.8 Å². The Morgan fingerprint density at radius 2 is 2.10 bits per heavy atom. The Morgan fingerprint density at radius 3 is 2.75 bits per heavy atom. The fourth-order valence-electron chi connectivity index (χ4n) is 1.78. The molecule has 0 aliphatic rings. The minimum atomic E-state index is -0.132. The standard InChI is InChI=1S/C16H19NO2S/c1-11-6-7-15(9-12(11)2)20-13(3)16(18)17-10-14-5-4-8-19-14/h4-9,13H,10H2,1-3H3,(H,17,18)/t13-/m1/s1. The van der Waals surface area contributed by atoms with Crippen molar-refractivity contribution in [2.45, 2.75) is 37.5 Å². The van der Waals surface area contributed by atoms with Crippen LogP contribution in [0.2, 0.25) is 0 Å². The summed E-state index contributed by atoms with van der Waals surface area (Å²) in [5.41, 5.74) is 2.52. The number of hydrogen-bond donors (Lipinski definition) is 1. The highest BCUT2D eigenvalue weighted by Gasteiger charge is 2.14. The third-order valence-corrected chi connectivity index (χ3v) is 4.27. The molecule has 1 N–H and O–H groups in total. The molecule has 0 unspecified atom stereocenters. The molecular weight excluding hydrogens is 270 g/mol. The maximum atomic E-state index is 12.0. The zero-order valence-electron chi connectivity index (χ0n) is 12.0. The van der Waals surface area contributed by atoms with Gasteiger partial charge in [0.15, 0.2) is 0 Å². The molecule has 0 fully saturated rings. The minimum absolute atomic E-state index is 0.0182. The molecule has 20 heavy (non-hydrogen) atoms. The predicted octanol–water partition coefficient (Wildman–Crippen LogP) is 3.69. The average Bonchev–Trinajstić information content (AvgIpc) is 2.93. The number of benzene rings is 1. The van der Waals surface area contributed by atoms with Crippen molar-refractivity contribution in [2.75, 3.05) is 0 Å². The second kappa shape index (κ2) is 6.66. The van der Waals surface area contributed by atoms with Crippen molar-refractivity contribution < 1.29 is 9.21 Å². The van der Waals surface area contributed by atoms with Gasteiger partial charge >= 0.3 is 0 Å². The number of furan rings is 1. The smallest absolute Gasteiger partial charge is 0.233 e. The van der Waals surface area contributed by atoms with E-state index in [1.165, 1.54) is 11.1 Å². The predicted molar refractivity (Wildman–Crippen MR) is 81.8 cm³/mol. The van der Waals surface area contributed by atoms with Gasteiger partial charge in [-0.15, -0.1) is 11.8 Å². The fraction of sp³-hybridized carbons (Fsp3) is 0.312. The molecular formula is C16H19NO2S. The normalized spacial score (nSPS) is 12.2. The summed E-state index contributed by atoms with van der Waals surface area (Å²) in [4.78, 5) is 13.1. The highest BCUT2D eigenvalue weighted by atomic mass is 32.2. The van der Waals surface area contributed by atoms with Gasteiger partial charge in [-0.1, -0.05) is 6.07 Å². The zero-order valence-corrected chi connectivity index (χ0v) is 12.8. The van der Waals surface area contributed by atoms with E-state index in [0.29, 0.717) is 6.54 Å². The number of carbonyl (C=O) groups is 1. The lowest BCUT2D eigenvalue weighted by molar-refractivity contribution is -0.120. The molecule has 0 bridgehead atoms. The molecule has 0 spiro atoms. The summed E-state index contributed by atoms with van der Waals surface area (Å²) in [6.07, 6.45) is 1.61. The quantitative estimate of drug-likeness (QED) is 0.854. The third kappa shape index (κ3) is 3.90. The van der Waals surface area contributed by atoms with E-state index in [1.807, 2.05) is 19.1 Å². The molecule has 0 aliphatic heterocycles. The second-order valence-corrected chi connectivity index (χ2v) is 6.22. The van der Waals surface area contributed by atoms with E-state index < -0.39 is 0 Å². The molecule has 1 atom stereocenters. The average molecular weight is 289 g/mol. The van der Waals surface area contributed by atoms with E-state index in [0.717, 1.165) is 10.7 Å². The molecule has 1 aromatic heterocycles. The van der Waals surface area contributed by atoms with Crippen molar-refractivity contribution in [3.8, 4) is 0 Å². The van der Waals surface area contributed by atoms with Gasteiger partial charge in [0.05, 0.1) is 18.1 Å². The van der Waals surface area contributed by atoms with Gasteiger partial charge in [0.25, 0.3) is 0 Å². The number of hydrogen-bond acceptors (Lipinski definition) is 3. The Balaban J connectivity index is 1.88. The van der Waals surface area contributed by atoms with Crippen LogP contribution in [0.15, 0.2) is 45.9 Å². The van der Waals surface area contributed by atoms with Gasteiger partial charge < -0.3 is 9.73 Å². The summed E-state index contributed by atoms with van der Waals surface area (Å²) in [6.45, 7) is 6.52. The van der Waals surface area contributed by atoms with Crippen LogP contribution >= 0.6 is 11.8 Å². The first kappa shape index (κ1) is 14.7. The first-order valence-corrected chi connectivity index (χ1v) is 7.48. The lowest BCUT2D eigenvalue weighted by atomic mass is 10.1. The van der Waals surface area contributed by atoms with Crippen LogP contribution in [0.3, 0.4) is 0 Å². The Bertz CT molecular complexity index is 578. The van der Waals surface area contributed by atoms with Crippen molar-refractivity contribution in [1.82, 2.24) is 5.32 Å². The molecule has 1 aromatic carbocycles. The molecule has 0 radical (unpaired) electrons. The van der Waals surface area contributed by atoms with Crippen molar-refractivity contribution in [3.05, 3.63) is 53.5 Å². The van der Waals surface area contributed by atoms with E-state index in [1.54, 1.807) is 18.0 Å². The zero-order chi connectivity index (χ0) is 14.5. The van der Waals surface area contributed by atoms with Gasteiger partial charge in [-0.25, -0.2) is 0 Å². The summed E-state index contributed by atoms with van der Waals surface area (Å²) >= 11 is 1.57. The molecule has 1 heterocycles. The van der Waals surface area contributed by atoms with Crippen molar-refractivity contribution >= 4 is 17.7 Å². The molecule has 0 saturated carbocycles. The van der Waals surface area contributed by atoms with Crippen LogP contribution < -0.4 is 5.32 Å². The number of rotatable bonds is 5. The maximum absolute atomic E-state index is 12.0. The third-order valence-electron chi connectivity index (χ3n) is 3.18. The molecule has 106 valence electrons. The first-order valence-electron chi connectivity index (χ1n) is 6.60. The highest BCUT2D eigenvalue weighted by molar-refractivity contribution is 8.00. The maximum Gasteiger partial charge on any atom is 0.233 e. The molecule has 2 rings (SSSR count). The van der Waals surface area contributed by atoms with E-state index >= 15 is 0 Å². The topological polar surface area (TPSA) is 42.2 Å². The molecule has 0 saturated heterocycles. The lowest BCUT2D eigenvalue weighted by Crippen LogP contribution is -2.30. The highest BCUT2D eigenvalue weighted by Crippen LogP contribution is 2.25. The number of carbonyl (C=O) groups excluding carboxylic acids is 1. The summed E-state index contributed by atoms with van der Waals surface area (Å²) in [5.74, 6) is 0.784. The van der Waals surface area contributed by atoms with Crippen LogP contribution in [-0.4, -0.2) is 11.2 Å². The second-order valence-electron chi connectivity index (χ2n) is 4.80. The van der Waals surface area contributed by atoms with E-state index in [-0.39, 0.29) is 11.2 Å². The number of thioether (sulfide) groups is 1. The molecule has 4 heteroatoms. The van der Waals surface area contributed by atoms with E-state index in [4.69, 9.17) is 4.42 Å². The summed E-state index contributed by atoms with van der Waals surface area (Å²) in [7, 11) is 0. The SMILES string of the molecule is Cc1ccc(S[C@H](C)C(=O)NCc2ccco2)cc1C. The summed E-state index contributed by atoms with van der Waals surface area (Å²) < 4.78 is 5.19. The van der Waals surface area contributed by atoms with Crippen LogP contribution in [0.4, 0.5) is 0 Å². The Kier molecular flexibility index (Phi) is 4.90. The van der Waals surface area contributed by atoms with Crippen LogP contribution in [0.25, 0.3) is 0 Å². The summed E-state index contributed by atoms with van der Waals surface area (Å²) in [5, 5.41) is 2.75. The van der Waals surface area contributed by atoms with Gasteiger partial charge in [0.2, 0.25) is 5.91 Å². The Hall–Kier alpha value is -1.68. The number of aryl methyl sites for hydroxylation is 2. The summed E-state index contributed by atoms with van der Waals surface area (Å²) in [6, 6.07) is 9.93. The largest absolute Gasteiger partial charge is 0.467 e. The Morgan fingerprint density at radius 1 is 1.30 bits per heavy atom. The molecule has 1 amide bonds. The molecule has 2 aromatic rings. The van der Waals surface area contributed by atoms with Crippen LogP contribution in [-0.2, 0) is 11.3 Å². The van der Waals surface area contributed by atoms with E-state index in [2.05, 4.69) is 37.4 Å². The van der Waals surface area contributed by atoms with Gasteiger partial charge in [0.1, 0.15) is 5.76 Å². The van der Waals surface area contributed by atoms with Gasteiger partial charge in [-0.3, -0.25) is 4.79 Å². The van der Waals surface area contributed by atoms with Crippen molar-refractivity contribution in [3.63, 3.8) is 0 Å². The number of amides is 1. The molecule has 0 aliphatic carbocycles. The molecule has 3 nitrogen and oxygen atoms in total. The van der Waals surface area contributed by atoms with Gasteiger partial charge in [-0.05, 0) is 56.2 Å². The van der Waals surface area contributed by atoms with Crippen LogP contribution in [0.5, 0.6) is 0 Å². The minimum Gasteiger partial charge on any atom is -0.467 e. The van der Waals surface area contributed by atoms with Crippen molar-refractivity contribution in [2.24, 2.45) is 0 Å². The van der Waals surface area contributed by atoms with Crippen LogP contribution in [0.1, 0.15) is 23.8 Å². The monoisotopic (exact) mass is 289 g/mol. The van der Waals surface area contributed by atoms with Gasteiger partial charge in [0, 0.05) is 4.90 Å². The fourth-order valence-corrected chi connectivity index (χ4v) is 2.77. The van der Waals surface area contributed by atoms with Crippen molar-refractivity contribution in [1.29, 1.82) is 0 Å². The lowest BCUT2D eigenvalue weighted by Gasteiger charge is -2.12. The van der Waals surface area contributed by atoms with E-state index in [9.17, 15) is 4.79 Å². The number of nitrogens with one attached hydrogen (secondary N) is 1. The Labute approximate surface area is 123 Å².